The van der Waals surface area contributed by atoms with Crippen molar-refractivity contribution >= 4 is 65.0 Å². The molecule has 0 unspecified atom stereocenters. The molecule has 0 spiro atoms. The number of amides is 11. The summed E-state index contributed by atoms with van der Waals surface area (Å²) in [6.45, 7) is 27.5. The van der Waals surface area contributed by atoms with Gasteiger partial charge >= 0.3 is 0 Å². The highest BCUT2D eigenvalue weighted by molar-refractivity contribution is 5.99. The molecule has 0 aromatic carbocycles. The lowest BCUT2D eigenvalue weighted by atomic mass is 9.98. The lowest BCUT2D eigenvalue weighted by molar-refractivity contribution is -0.136. The van der Waals surface area contributed by atoms with Crippen molar-refractivity contribution in [3.63, 3.8) is 0 Å². The lowest BCUT2D eigenvalue weighted by Gasteiger charge is -2.30. The van der Waals surface area contributed by atoms with Gasteiger partial charge in [0.15, 0.2) is 0 Å². The Labute approximate surface area is 556 Å². The van der Waals surface area contributed by atoms with Crippen molar-refractivity contribution in [3.8, 4) is 0 Å². The number of hydrogen-bond acceptors (Lipinski definition) is 16. The summed E-state index contributed by atoms with van der Waals surface area (Å²) >= 11 is 0. The van der Waals surface area contributed by atoms with Gasteiger partial charge in [-0.25, -0.2) is 0 Å². The van der Waals surface area contributed by atoms with Gasteiger partial charge in [-0.05, 0) is 183 Å². The zero-order chi connectivity index (χ0) is 71.1. The molecule has 0 rings (SSSR count). The maximum atomic E-state index is 14.6. The van der Waals surface area contributed by atoms with Crippen LogP contribution in [0.15, 0.2) is 0 Å². The van der Waals surface area contributed by atoms with E-state index in [1.54, 1.807) is 0 Å². The number of primary amides is 1. The number of nitrogens with two attached hydrogens (primary N) is 6. The van der Waals surface area contributed by atoms with Gasteiger partial charge < -0.3 is 87.6 Å². The minimum atomic E-state index is -1.23. The topological polar surface area (TPSA) is 464 Å². The van der Waals surface area contributed by atoms with Crippen LogP contribution in [0.3, 0.4) is 0 Å². The molecule has 93 heavy (non-hydrogen) atoms. The molecular formula is C66H128N16O11. The average Bonchev–Trinajstić information content (AvgIpc) is 1.01. The van der Waals surface area contributed by atoms with Gasteiger partial charge in [-0.15, -0.1) is 0 Å². The van der Waals surface area contributed by atoms with Crippen molar-refractivity contribution in [3.05, 3.63) is 0 Å². The van der Waals surface area contributed by atoms with E-state index in [1.165, 1.54) is 0 Å². The van der Waals surface area contributed by atoms with Crippen molar-refractivity contribution in [2.45, 2.75) is 285 Å². The van der Waals surface area contributed by atoms with E-state index in [0.29, 0.717) is 77.4 Å². The van der Waals surface area contributed by atoms with Crippen molar-refractivity contribution in [1.29, 1.82) is 0 Å². The second-order valence-electron chi connectivity index (χ2n) is 28.2. The number of carbonyl (C=O) groups excluding carboxylic acids is 11. The molecule has 0 bridgehead atoms. The van der Waals surface area contributed by atoms with Gasteiger partial charge in [0.05, 0.1) is 6.04 Å². The zero-order valence-corrected chi connectivity index (χ0v) is 59.1. The van der Waals surface area contributed by atoms with Crippen LogP contribution in [0.2, 0.25) is 0 Å². The smallest absolute Gasteiger partial charge is 0.243 e. The van der Waals surface area contributed by atoms with Gasteiger partial charge in [-0.1, -0.05) is 103 Å². The first-order chi connectivity index (χ1) is 43.6. The second kappa shape index (κ2) is 47.8. The molecule has 27 nitrogen and oxygen atoms in total. The molecule has 0 saturated carbocycles. The summed E-state index contributed by atoms with van der Waals surface area (Å²) in [5, 5.41) is 28.1. The van der Waals surface area contributed by atoms with Gasteiger partial charge in [0.2, 0.25) is 65.0 Å². The minimum absolute atomic E-state index is 0.0280. The Hall–Kier alpha value is -6.03. The highest BCUT2D eigenvalue weighted by atomic mass is 16.2. The number of hydrogen-bond donors (Lipinski definition) is 16. The van der Waals surface area contributed by atoms with E-state index in [1.807, 2.05) is 96.9 Å². The first-order valence-corrected chi connectivity index (χ1v) is 34.5. The summed E-state index contributed by atoms with van der Waals surface area (Å²) in [5.41, 5.74) is 34.9. The molecule has 0 aliphatic rings. The Morgan fingerprint density at radius 2 is 0.398 bits per heavy atom. The second-order valence-corrected chi connectivity index (χ2v) is 28.2. The Kier molecular flexibility index (Phi) is 44.7. The maximum Gasteiger partial charge on any atom is 0.243 e. The molecule has 0 radical (unpaired) electrons. The molecule has 11 amide bonds. The molecule has 0 aromatic rings. The SMILES string of the molecule is CC(C)C[C@H](NC(=O)[C@@H](CC(C)C)NC(=O)[C@H](CCCCN)NC(=O)[C@@H](CC(C)C)NC(=O)[C@H](CC(C)C)NC(=O)[C@@H](CCCCN)NC(=O)[C@H](CC(C)C)NC(=O)[C@@H](CC(C)C)NC(=O)[C@H](CCCCN)NC(=O)[C@H](N)CCCCN)C(=O)N[C@H](CC(C)C)C(N)=O. The molecule has 0 fully saturated rings. The van der Waals surface area contributed by atoms with Crippen LogP contribution < -0.4 is 87.6 Å². The first-order valence-electron chi connectivity index (χ1n) is 34.5. The highest BCUT2D eigenvalue weighted by Crippen LogP contribution is 2.17. The summed E-state index contributed by atoms with van der Waals surface area (Å²) in [7, 11) is 0. The zero-order valence-electron chi connectivity index (χ0n) is 59.1. The van der Waals surface area contributed by atoms with Crippen molar-refractivity contribution in [2.24, 2.45) is 75.8 Å². The molecule has 538 valence electrons. The molecule has 0 aliphatic heterocycles. The largest absolute Gasteiger partial charge is 0.368 e. The molecule has 0 saturated heterocycles. The van der Waals surface area contributed by atoms with Crippen LogP contribution in [0, 0.1) is 41.4 Å². The van der Waals surface area contributed by atoms with E-state index in [4.69, 9.17) is 34.4 Å². The normalized spacial score (nSPS) is 15.2. The third kappa shape index (κ3) is 38.2. The van der Waals surface area contributed by atoms with Crippen LogP contribution in [0.4, 0.5) is 0 Å². The molecule has 11 atom stereocenters. The first kappa shape index (κ1) is 87.0. The molecule has 0 aliphatic carbocycles. The summed E-state index contributed by atoms with van der Waals surface area (Å²) in [5.74, 6) is -7.99. The van der Waals surface area contributed by atoms with Crippen molar-refractivity contribution in [2.75, 3.05) is 26.2 Å². The number of rotatable bonds is 51. The Balaban J connectivity index is 7.03. The number of nitrogens with one attached hydrogen (secondary N) is 10. The van der Waals surface area contributed by atoms with E-state index in [2.05, 4.69) is 53.2 Å². The molecule has 22 N–H and O–H groups in total. The maximum absolute atomic E-state index is 14.6. The quantitative estimate of drug-likeness (QED) is 0.0384. The predicted molar refractivity (Wildman–Crippen MR) is 364 cm³/mol. The monoisotopic (exact) mass is 1320 g/mol. The predicted octanol–water partition coefficient (Wildman–Crippen LogP) is 1.49. The summed E-state index contributed by atoms with van der Waals surface area (Å²) in [4.78, 5) is 154. The van der Waals surface area contributed by atoms with Crippen LogP contribution in [0.5, 0.6) is 0 Å². The highest BCUT2D eigenvalue weighted by Gasteiger charge is 2.37. The van der Waals surface area contributed by atoms with E-state index >= 15 is 0 Å². The van der Waals surface area contributed by atoms with Gasteiger partial charge in [-0.2, -0.15) is 0 Å². The van der Waals surface area contributed by atoms with Crippen LogP contribution in [-0.2, 0) is 52.7 Å². The molecule has 0 heterocycles. The van der Waals surface area contributed by atoms with E-state index in [0.717, 1.165) is 0 Å². The summed E-state index contributed by atoms with van der Waals surface area (Å²) < 4.78 is 0. The average molecular weight is 1320 g/mol. The number of carbonyl (C=O) groups is 11. The fourth-order valence-electron chi connectivity index (χ4n) is 10.6. The van der Waals surface area contributed by atoms with E-state index < -0.39 is 131 Å². The molecular weight excluding hydrogens is 1190 g/mol. The molecule has 0 aromatic heterocycles. The minimum Gasteiger partial charge on any atom is -0.368 e. The summed E-state index contributed by atoms with van der Waals surface area (Å²) in [6, 6.07) is -12.3. The summed E-state index contributed by atoms with van der Waals surface area (Å²) in [6.07, 6.45) is 6.18. The Morgan fingerprint density at radius 3 is 0.591 bits per heavy atom. The van der Waals surface area contributed by atoms with Crippen LogP contribution >= 0.6 is 0 Å². The van der Waals surface area contributed by atoms with Gasteiger partial charge in [0, 0.05) is 0 Å². The van der Waals surface area contributed by atoms with Crippen LogP contribution in [-0.4, -0.2) is 158 Å². The van der Waals surface area contributed by atoms with Crippen LogP contribution in [0.25, 0.3) is 0 Å². The van der Waals surface area contributed by atoms with Crippen molar-refractivity contribution < 1.29 is 52.7 Å². The lowest BCUT2D eigenvalue weighted by Crippen LogP contribution is -2.61. The fourth-order valence-corrected chi connectivity index (χ4v) is 10.6. The van der Waals surface area contributed by atoms with Gasteiger partial charge in [-0.3, -0.25) is 52.7 Å². The third-order valence-corrected chi connectivity index (χ3v) is 15.5. The van der Waals surface area contributed by atoms with Crippen molar-refractivity contribution in [1.82, 2.24) is 53.2 Å². The van der Waals surface area contributed by atoms with Gasteiger partial charge in [0.1, 0.15) is 60.4 Å². The fraction of sp³-hybridized carbons (Fsp3) is 0.833. The van der Waals surface area contributed by atoms with Crippen LogP contribution in [0.1, 0.15) is 219 Å². The Morgan fingerprint density at radius 1 is 0.237 bits per heavy atom. The van der Waals surface area contributed by atoms with E-state index in [9.17, 15) is 52.7 Å². The number of unbranched alkanes of at least 4 members (excludes halogenated alkanes) is 4. The molecule has 27 heteroatoms. The van der Waals surface area contributed by atoms with E-state index in [-0.39, 0.29) is 112 Å². The Bertz CT molecular complexity index is 2270. The standard InChI is InChI=1S/C66H128N16O11/c1-38(2)31-49(56(72)83)76-63(90)52(34-41(7)8)82-66(93)55(37-44(13)14)79-60(87)48(26-18-22-30-70)75-62(89)51(33-40(5)6)81-65(92)54(36-43(11)12)78-59(86)47(25-17-21-29-69)74-61(88)50(32-39(3)4)80-64(91)53(35-42(9)10)77-58(85)46(24-16-20-28-68)73-57(84)45(71)23-15-19-27-67/h38-55H,15-37,67-71H2,1-14H3,(H2,72,83)(H,73,84)(H,74,88)(H,75,89)(H,76,90)(H,77,85)(H,78,86)(H,79,87)(H,80,91)(H,81,92)(H,82,93)/t45-,46+,47-,48+,49-,50+,51-,52+,53-,54+,55-/m1/s1. The van der Waals surface area contributed by atoms with Gasteiger partial charge in [0.25, 0.3) is 0 Å². The third-order valence-electron chi connectivity index (χ3n) is 15.5.